The molecular weight excluding hydrogens is 280 g/mol. The van der Waals surface area contributed by atoms with Gasteiger partial charge < -0.3 is 14.2 Å². The van der Waals surface area contributed by atoms with E-state index in [1.165, 1.54) is 32.1 Å². The Balaban J connectivity index is 3.29. The Bertz CT molecular complexity index is 267. The van der Waals surface area contributed by atoms with Crippen LogP contribution in [0, 0.1) is 0 Å². The zero-order valence-electron chi connectivity index (χ0n) is 15.3. The SMILES string of the molecule is COC(CCCCCCCCCCC(=O)OC(C)(C)C)OC. The number of unbranched alkanes of at least 4 members (excludes halogenated alkanes) is 7. The van der Waals surface area contributed by atoms with Crippen LogP contribution < -0.4 is 0 Å². The van der Waals surface area contributed by atoms with E-state index in [2.05, 4.69) is 0 Å². The van der Waals surface area contributed by atoms with Crippen molar-refractivity contribution < 1.29 is 19.0 Å². The fourth-order valence-corrected chi connectivity index (χ4v) is 2.37. The highest BCUT2D eigenvalue weighted by Gasteiger charge is 2.15. The monoisotopic (exact) mass is 316 g/mol. The molecule has 22 heavy (non-hydrogen) atoms. The van der Waals surface area contributed by atoms with E-state index in [0.717, 1.165) is 25.7 Å². The summed E-state index contributed by atoms with van der Waals surface area (Å²) < 4.78 is 15.6. The van der Waals surface area contributed by atoms with E-state index >= 15 is 0 Å². The molecule has 0 saturated carbocycles. The number of hydrogen-bond donors (Lipinski definition) is 0. The summed E-state index contributed by atoms with van der Waals surface area (Å²) in [7, 11) is 3.37. The predicted molar refractivity (Wildman–Crippen MR) is 89.8 cm³/mol. The molecule has 0 aromatic rings. The summed E-state index contributed by atoms with van der Waals surface area (Å²) in [4.78, 5) is 11.5. The highest BCUT2D eigenvalue weighted by Crippen LogP contribution is 2.14. The molecule has 0 unspecified atom stereocenters. The van der Waals surface area contributed by atoms with E-state index in [-0.39, 0.29) is 17.9 Å². The quantitative estimate of drug-likeness (QED) is 0.277. The lowest BCUT2D eigenvalue weighted by Gasteiger charge is -2.19. The molecule has 0 aromatic heterocycles. The molecule has 0 atom stereocenters. The van der Waals surface area contributed by atoms with E-state index in [4.69, 9.17) is 14.2 Å². The summed E-state index contributed by atoms with van der Waals surface area (Å²) in [5, 5.41) is 0. The van der Waals surface area contributed by atoms with Crippen LogP contribution in [0.5, 0.6) is 0 Å². The van der Waals surface area contributed by atoms with Gasteiger partial charge in [0.25, 0.3) is 0 Å². The zero-order valence-corrected chi connectivity index (χ0v) is 15.3. The molecule has 0 aromatic carbocycles. The Labute approximate surface area is 136 Å². The van der Waals surface area contributed by atoms with Crippen molar-refractivity contribution in [3.05, 3.63) is 0 Å². The molecular formula is C18H36O4. The van der Waals surface area contributed by atoms with Gasteiger partial charge in [0.2, 0.25) is 0 Å². The summed E-state index contributed by atoms with van der Waals surface area (Å²) in [6.07, 6.45) is 10.9. The van der Waals surface area contributed by atoms with Crippen LogP contribution in [0.4, 0.5) is 0 Å². The number of rotatable bonds is 13. The molecule has 0 rings (SSSR count). The molecule has 0 aliphatic rings. The van der Waals surface area contributed by atoms with Gasteiger partial charge in [-0.05, 0) is 40.0 Å². The van der Waals surface area contributed by atoms with E-state index in [1.807, 2.05) is 20.8 Å². The molecule has 0 amide bonds. The average molecular weight is 316 g/mol. The average Bonchev–Trinajstić information content (AvgIpc) is 2.43. The summed E-state index contributed by atoms with van der Waals surface area (Å²) in [6.45, 7) is 5.73. The Kier molecular flexibility index (Phi) is 12.5. The van der Waals surface area contributed by atoms with Crippen molar-refractivity contribution in [1.29, 1.82) is 0 Å². The van der Waals surface area contributed by atoms with E-state index < -0.39 is 0 Å². The lowest BCUT2D eigenvalue weighted by molar-refractivity contribution is -0.154. The van der Waals surface area contributed by atoms with Crippen LogP contribution in [-0.2, 0) is 19.0 Å². The van der Waals surface area contributed by atoms with Crippen molar-refractivity contribution in [1.82, 2.24) is 0 Å². The molecule has 0 heterocycles. The van der Waals surface area contributed by atoms with Crippen molar-refractivity contribution in [2.24, 2.45) is 0 Å². The normalized spacial score (nSPS) is 11.9. The first-order valence-corrected chi connectivity index (χ1v) is 8.66. The third-order valence-electron chi connectivity index (χ3n) is 3.52. The first-order chi connectivity index (χ1) is 10.4. The lowest BCUT2D eigenvalue weighted by Crippen LogP contribution is -2.23. The molecule has 0 aliphatic carbocycles. The number of carbonyl (C=O) groups excluding carboxylic acids is 1. The van der Waals surface area contributed by atoms with Crippen molar-refractivity contribution in [3.63, 3.8) is 0 Å². The number of ether oxygens (including phenoxy) is 3. The molecule has 4 nitrogen and oxygen atoms in total. The molecule has 0 bridgehead atoms. The van der Waals surface area contributed by atoms with E-state index in [0.29, 0.717) is 6.42 Å². The van der Waals surface area contributed by atoms with Gasteiger partial charge in [0.1, 0.15) is 5.60 Å². The van der Waals surface area contributed by atoms with Gasteiger partial charge in [-0.2, -0.15) is 0 Å². The Morgan fingerprint density at radius 3 is 1.73 bits per heavy atom. The third-order valence-corrected chi connectivity index (χ3v) is 3.52. The van der Waals surface area contributed by atoms with Gasteiger partial charge in [-0.25, -0.2) is 0 Å². The molecule has 0 N–H and O–H groups in total. The molecule has 0 fully saturated rings. The van der Waals surface area contributed by atoms with Gasteiger partial charge in [-0.3, -0.25) is 4.79 Å². The number of methoxy groups -OCH3 is 2. The maximum absolute atomic E-state index is 11.5. The molecule has 0 aliphatic heterocycles. The summed E-state index contributed by atoms with van der Waals surface area (Å²) in [6, 6.07) is 0. The topological polar surface area (TPSA) is 44.8 Å². The van der Waals surface area contributed by atoms with Crippen LogP contribution in [0.15, 0.2) is 0 Å². The minimum atomic E-state index is -0.359. The van der Waals surface area contributed by atoms with Crippen LogP contribution in [0.3, 0.4) is 0 Å². The maximum atomic E-state index is 11.5. The van der Waals surface area contributed by atoms with Crippen molar-refractivity contribution in [3.8, 4) is 0 Å². The van der Waals surface area contributed by atoms with Gasteiger partial charge in [-0.1, -0.05) is 38.5 Å². The van der Waals surface area contributed by atoms with Crippen molar-refractivity contribution >= 4 is 5.97 Å². The van der Waals surface area contributed by atoms with Gasteiger partial charge in [-0.15, -0.1) is 0 Å². The van der Waals surface area contributed by atoms with Crippen molar-refractivity contribution in [2.45, 2.75) is 96.9 Å². The maximum Gasteiger partial charge on any atom is 0.306 e. The first kappa shape index (κ1) is 21.4. The number of hydrogen-bond acceptors (Lipinski definition) is 4. The summed E-state index contributed by atoms with van der Waals surface area (Å²) in [5.41, 5.74) is -0.359. The second-order valence-corrected chi connectivity index (χ2v) is 6.85. The largest absolute Gasteiger partial charge is 0.460 e. The summed E-state index contributed by atoms with van der Waals surface area (Å²) >= 11 is 0. The fourth-order valence-electron chi connectivity index (χ4n) is 2.37. The van der Waals surface area contributed by atoms with Crippen LogP contribution in [0.2, 0.25) is 0 Å². The highest BCUT2D eigenvalue weighted by atomic mass is 16.7. The molecule has 4 heteroatoms. The first-order valence-electron chi connectivity index (χ1n) is 8.66. The van der Waals surface area contributed by atoms with Gasteiger partial charge in [0.05, 0.1) is 0 Å². The van der Waals surface area contributed by atoms with Crippen LogP contribution in [-0.4, -0.2) is 32.1 Å². The molecule has 0 radical (unpaired) electrons. The van der Waals surface area contributed by atoms with Crippen LogP contribution >= 0.6 is 0 Å². The Hall–Kier alpha value is -0.610. The Morgan fingerprint density at radius 2 is 1.27 bits per heavy atom. The van der Waals surface area contributed by atoms with Gasteiger partial charge >= 0.3 is 5.97 Å². The second kappa shape index (κ2) is 12.9. The standard InChI is InChI=1S/C18H36O4/c1-18(2,3)22-16(19)14-12-10-8-6-7-9-11-13-15-17(20-4)21-5/h17H,6-15H2,1-5H3. The smallest absolute Gasteiger partial charge is 0.306 e. The zero-order chi connectivity index (χ0) is 16.8. The third kappa shape index (κ3) is 14.3. The predicted octanol–water partition coefficient (Wildman–Crippen LogP) is 4.85. The van der Waals surface area contributed by atoms with Gasteiger partial charge in [0.15, 0.2) is 6.29 Å². The lowest BCUT2D eigenvalue weighted by atomic mass is 10.1. The van der Waals surface area contributed by atoms with Crippen LogP contribution in [0.1, 0.15) is 85.0 Å². The second-order valence-electron chi connectivity index (χ2n) is 6.85. The fraction of sp³-hybridized carbons (Fsp3) is 0.944. The summed E-state index contributed by atoms with van der Waals surface area (Å²) in [5.74, 6) is -0.0710. The highest BCUT2D eigenvalue weighted by molar-refractivity contribution is 5.69. The van der Waals surface area contributed by atoms with Crippen molar-refractivity contribution in [2.75, 3.05) is 14.2 Å². The minimum absolute atomic E-state index is 0.0483. The minimum Gasteiger partial charge on any atom is -0.460 e. The number of carbonyl (C=O) groups is 1. The molecule has 132 valence electrons. The number of esters is 1. The van der Waals surface area contributed by atoms with Gasteiger partial charge in [0, 0.05) is 20.6 Å². The van der Waals surface area contributed by atoms with E-state index in [9.17, 15) is 4.79 Å². The molecule has 0 saturated heterocycles. The molecule has 0 spiro atoms. The van der Waals surface area contributed by atoms with Crippen LogP contribution in [0.25, 0.3) is 0 Å². The van der Waals surface area contributed by atoms with E-state index in [1.54, 1.807) is 14.2 Å². The Morgan fingerprint density at radius 1 is 0.818 bits per heavy atom.